The highest BCUT2D eigenvalue weighted by molar-refractivity contribution is 6.66. The smallest absolute Gasteiger partial charge is 0.460 e. The molecule has 0 radical (unpaired) electrons. The Hall–Kier alpha value is -2.40. The van der Waals surface area contributed by atoms with E-state index < -0.39 is 95.0 Å². The van der Waals surface area contributed by atoms with Crippen LogP contribution in [0.1, 0.15) is 130 Å². The van der Waals surface area contributed by atoms with Gasteiger partial charge in [0.15, 0.2) is 0 Å². The number of esters is 3. The van der Waals surface area contributed by atoms with Gasteiger partial charge in [-0.1, -0.05) is 18.2 Å². The molecule has 284 valence electrons. The molecule has 4 rings (SSSR count). The molecule has 0 bridgehead atoms. The predicted molar refractivity (Wildman–Crippen MR) is 198 cm³/mol. The highest BCUT2D eigenvalue weighted by Crippen LogP contribution is 2.55. The largest absolute Gasteiger partial charge is 0.495 e. The Morgan fingerprint density at radius 1 is 0.686 bits per heavy atom. The molecule has 1 aliphatic carbocycles. The zero-order chi connectivity index (χ0) is 38.9. The van der Waals surface area contributed by atoms with Crippen molar-refractivity contribution in [3.05, 3.63) is 23.8 Å². The summed E-state index contributed by atoms with van der Waals surface area (Å²) in [4.78, 5) is 41.1. The van der Waals surface area contributed by atoms with Crippen molar-refractivity contribution < 1.29 is 47.2 Å². The van der Waals surface area contributed by atoms with E-state index in [0.717, 1.165) is 16.5 Å². The van der Waals surface area contributed by atoms with Crippen LogP contribution in [0.2, 0.25) is 0 Å². The van der Waals surface area contributed by atoms with Crippen LogP contribution in [0.4, 0.5) is 0 Å². The molecule has 0 aromatic heterocycles. The summed E-state index contributed by atoms with van der Waals surface area (Å²) in [6, 6.07) is 5.86. The number of benzene rings is 1. The summed E-state index contributed by atoms with van der Waals surface area (Å²) in [5.74, 6) is -3.83. The van der Waals surface area contributed by atoms with Gasteiger partial charge in [0.05, 0.1) is 34.2 Å². The summed E-state index contributed by atoms with van der Waals surface area (Å²) in [7, 11) is -1.39. The van der Waals surface area contributed by atoms with Gasteiger partial charge in [-0.05, 0) is 152 Å². The van der Waals surface area contributed by atoms with Crippen LogP contribution in [0.3, 0.4) is 0 Å². The van der Waals surface area contributed by atoms with Crippen LogP contribution in [0, 0.1) is 23.7 Å². The maximum atomic E-state index is 14.2. The molecule has 0 N–H and O–H groups in total. The highest BCUT2D eigenvalue weighted by Gasteiger charge is 2.62. The zero-order valence-electron chi connectivity index (χ0n) is 34.2. The Bertz CT molecular complexity index is 1460. The lowest BCUT2D eigenvalue weighted by Gasteiger charge is -2.32. The predicted octanol–water partition coefficient (Wildman–Crippen LogP) is 5.72. The van der Waals surface area contributed by atoms with Crippen LogP contribution in [0.25, 0.3) is 0 Å². The molecule has 3 unspecified atom stereocenters. The lowest BCUT2D eigenvalue weighted by atomic mass is 9.68. The molecule has 3 fully saturated rings. The number of carbonyl (C=O) groups is 3. The van der Waals surface area contributed by atoms with Crippen LogP contribution in [-0.4, -0.2) is 71.4 Å². The fourth-order valence-corrected chi connectivity index (χ4v) is 6.59. The van der Waals surface area contributed by atoms with Crippen LogP contribution in [0.15, 0.2) is 18.2 Å². The lowest BCUT2D eigenvalue weighted by Crippen LogP contribution is -2.43. The van der Waals surface area contributed by atoms with Crippen molar-refractivity contribution in [3.63, 3.8) is 0 Å². The third-order valence-corrected chi connectivity index (χ3v) is 10.5. The van der Waals surface area contributed by atoms with Gasteiger partial charge < -0.3 is 32.8 Å². The highest BCUT2D eigenvalue weighted by atomic mass is 16.7. The van der Waals surface area contributed by atoms with Crippen LogP contribution >= 0.6 is 0 Å². The minimum absolute atomic E-state index is 0.0317. The molecule has 2 saturated heterocycles. The maximum Gasteiger partial charge on any atom is 0.495 e. The molecule has 2 aliphatic heterocycles. The number of hydrogen-bond donors (Lipinski definition) is 0. The molecule has 51 heavy (non-hydrogen) atoms. The lowest BCUT2D eigenvalue weighted by molar-refractivity contribution is -0.162. The summed E-state index contributed by atoms with van der Waals surface area (Å²) in [6.45, 7) is 32.2. The van der Waals surface area contributed by atoms with E-state index in [1.165, 1.54) is 0 Å². The van der Waals surface area contributed by atoms with Gasteiger partial charge >= 0.3 is 32.1 Å². The van der Waals surface area contributed by atoms with Crippen molar-refractivity contribution in [2.75, 3.05) is 0 Å². The Morgan fingerprint density at radius 3 is 1.59 bits per heavy atom. The van der Waals surface area contributed by atoms with E-state index in [4.69, 9.17) is 32.8 Å². The Morgan fingerprint density at radius 2 is 1.14 bits per heavy atom. The van der Waals surface area contributed by atoms with Crippen molar-refractivity contribution in [2.24, 2.45) is 23.7 Å². The molecule has 3 aliphatic rings. The Balaban J connectivity index is 1.79. The Labute approximate surface area is 307 Å². The summed E-state index contributed by atoms with van der Waals surface area (Å²) in [5, 5.41) is 0. The molecular formula is C39H62B2O10. The second kappa shape index (κ2) is 13.5. The van der Waals surface area contributed by atoms with E-state index in [0.29, 0.717) is 0 Å². The van der Waals surface area contributed by atoms with Crippen molar-refractivity contribution >= 4 is 43.1 Å². The molecule has 4 atom stereocenters. The van der Waals surface area contributed by atoms with Gasteiger partial charge in [0, 0.05) is 6.42 Å². The molecule has 12 heteroatoms. The van der Waals surface area contributed by atoms with E-state index >= 15 is 0 Å². The molecule has 10 nitrogen and oxygen atoms in total. The van der Waals surface area contributed by atoms with Crippen molar-refractivity contribution in [1.29, 1.82) is 0 Å². The minimum atomic E-state index is -0.793. The first-order valence-electron chi connectivity index (χ1n) is 18.3. The van der Waals surface area contributed by atoms with Crippen molar-refractivity contribution in [3.8, 4) is 0 Å². The molecule has 1 aromatic carbocycles. The third-order valence-electron chi connectivity index (χ3n) is 10.5. The van der Waals surface area contributed by atoms with Crippen molar-refractivity contribution in [1.82, 2.24) is 0 Å². The topological polar surface area (TPSA) is 116 Å². The first-order chi connectivity index (χ1) is 22.8. The first kappa shape index (κ1) is 41.4. The molecule has 1 aromatic rings. The van der Waals surface area contributed by atoms with Crippen molar-refractivity contribution in [2.45, 2.75) is 170 Å². The quantitative estimate of drug-likeness (QED) is 0.179. The number of rotatable bonds is 9. The van der Waals surface area contributed by atoms with E-state index in [1.807, 2.05) is 94.4 Å². The maximum absolute atomic E-state index is 14.2. The normalized spacial score (nSPS) is 25.7. The first-order valence-corrected chi connectivity index (χ1v) is 18.3. The summed E-state index contributed by atoms with van der Waals surface area (Å²) in [5.41, 5.74) is -2.29. The second-order valence-electron chi connectivity index (χ2n) is 19.6. The summed E-state index contributed by atoms with van der Waals surface area (Å²) in [6.07, 6.45) is 0.169. The van der Waals surface area contributed by atoms with Gasteiger partial charge in [-0.15, -0.1) is 0 Å². The van der Waals surface area contributed by atoms with Gasteiger partial charge in [0.2, 0.25) is 0 Å². The molecule has 1 saturated carbocycles. The van der Waals surface area contributed by atoms with E-state index in [2.05, 4.69) is 0 Å². The SMILES string of the molecule is CC(C)(C)OC(=O)CC1C(C(=O)OC(C)(C)C)C1[C@H](Cc1ccc(B2OC(C)(C)C(C)(C)O2)cc1B1OC(C)(C)C(C)(C)O1)C(=O)OC(C)(C)C. The van der Waals surface area contributed by atoms with Gasteiger partial charge in [-0.25, -0.2) is 0 Å². The summed E-state index contributed by atoms with van der Waals surface area (Å²) >= 11 is 0. The van der Waals surface area contributed by atoms with Gasteiger partial charge in [0.1, 0.15) is 16.8 Å². The van der Waals surface area contributed by atoms with E-state index in [1.54, 1.807) is 41.5 Å². The average Bonchev–Trinajstić information content (AvgIpc) is 3.46. The average molecular weight is 713 g/mol. The van der Waals surface area contributed by atoms with Crippen LogP contribution in [-0.2, 0) is 53.6 Å². The van der Waals surface area contributed by atoms with Gasteiger partial charge in [-0.2, -0.15) is 0 Å². The van der Waals surface area contributed by atoms with Gasteiger partial charge in [-0.3, -0.25) is 14.4 Å². The third kappa shape index (κ3) is 9.59. The zero-order valence-corrected chi connectivity index (χ0v) is 34.2. The number of ether oxygens (including phenoxy) is 3. The van der Waals surface area contributed by atoms with E-state index in [9.17, 15) is 14.4 Å². The fraction of sp³-hybridized carbons (Fsp3) is 0.769. The number of carbonyl (C=O) groups excluding carboxylic acids is 3. The standard InChI is InChI=1S/C39H62B2O10/c1-33(2,3)45-28(42)22-25-29(30(25)32(44)47-35(7,8)9)26(31(43)46-34(4,5)6)20-23-18-19-24(40-48-36(10,11)37(12,13)49-40)21-27(23)41-50-38(14,15)39(16,17)51-41/h18-19,21,25-26,29-30H,20,22H2,1-17H3/t25?,26-,29?,30?/m0/s1. The van der Waals surface area contributed by atoms with Crippen LogP contribution in [0.5, 0.6) is 0 Å². The Kier molecular flexibility index (Phi) is 10.9. The molecule has 0 spiro atoms. The second-order valence-corrected chi connectivity index (χ2v) is 19.6. The number of hydrogen-bond acceptors (Lipinski definition) is 10. The minimum Gasteiger partial charge on any atom is -0.460 e. The van der Waals surface area contributed by atoms with Gasteiger partial charge in [0.25, 0.3) is 0 Å². The fourth-order valence-electron chi connectivity index (χ4n) is 6.59. The monoisotopic (exact) mass is 712 g/mol. The van der Waals surface area contributed by atoms with E-state index in [-0.39, 0.29) is 12.8 Å². The summed E-state index contributed by atoms with van der Waals surface area (Å²) < 4.78 is 43.4. The van der Waals surface area contributed by atoms with Crippen LogP contribution < -0.4 is 10.9 Å². The molecule has 2 heterocycles. The molecular weight excluding hydrogens is 650 g/mol. The molecule has 0 amide bonds.